The molecule has 0 radical (unpaired) electrons. The summed E-state index contributed by atoms with van der Waals surface area (Å²) in [6.07, 6.45) is 1.82. The van der Waals surface area contributed by atoms with E-state index in [9.17, 15) is 9.18 Å². The molecule has 0 spiro atoms. The van der Waals surface area contributed by atoms with Gasteiger partial charge in [0.25, 0.3) is 0 Å². The maximum Gasteiger partial charge on any atom is 0.166 e. The first-order chi connectivity index (χ1) is 9.58. The molecule has 0 aliphatic carbocycles. The van der Waals surface area contributed by atoms with Gasteiger partial charge in [-0.25, -0.2) is 4.39 Å². The van der Waals surface area contributed by atoms with E-state index in [2.05, 4.69) is 0 Å². The van der Waals surface area contributed by atoms with Crippen LogP contribution in [0.15, 0.2) is 54.6 Å². The average molecular weight is 268 g/mol. The zero-order valence-electron chi connectivity index (χ0n) is 11.6. The van der Waals surface area contributed by atoms with E-state index in [-0.39, 0.29) is 17.5 Å². The fraction of sp³-hybridized carbons (Fsp3) is 0.167. The van der Waals surface area contributed by atoms with E-state index in [0.29, 0.717) is 5.57 Å². The van der Waals surface area contributed by atoms with Crippen LogP contribution >= 0.6 is 0 Å². The summed E-state index contributed by atoms with van der Waals surface area (Å²) >= 11 is 0. The highest BCUT2D eigenvalue weighted by Gasteiger charge is 2.15. The number of carbonyl (C=O) groups excluding carboxylic acids is 1. The van der Waals surface area contributed by atoms with Crippen LogP contribution in [0.3, 0.4) is 0 Å². The van der Waals surface area contributed by atoms with E-state index < -0.39 is 0 Å². The predicted molar refractivity (Wildman–Crippen MR) is 80.6 cm³/mol. The summed E-state index contributed by atoms with van der Waals surface area (Å²) in [6.45, 7) is 3.76. The molecule has 0 atom stereocenters. The summed E-state index contributed by atoms with van der Waals surface area (Å²) in [5.74, 6) is -0.277. The topological polar surface area (TPSA) is 17.1 Å². The third-order valence-electron chi connectivity index (χ3n) is 3.06. The van der Waals surface area contributed by atoms with Crippen molar-refractivity contribution in [2.75, 3.05) is 0 Å². The molecule has 0 aliphatic rings. The van der Waals surface area contributed by atoms with Crippen LogP contribution < -0.4 is 0 Å². The number of benzene rings is 2. The van der Waals surface area contributed by atoms with Crippen molar-refractivity contribution in [2.45, 2.75) is 13.8 Å². The summed E-state index contributed by atoms with van der Waals surface area (Å²) in [7, 11) is 0. The molecule has 1 nitrogen and oxygen atoms in total. The molecule has 0 heterocycles. The number of rotatable bonds is 4. The third kappa shape index (κ3) is 3.41. The standard InChI is InChI=1S/C18H17FO/c1-13(2)18(20)17(15-6-4-3-5-7-15)12-14-8-10-16(19)11-9-14/h3-13H,1-2H3/b17-12+. The van der Waals surface area contributed by atoms with Crippen LogP contribution in [0, 0.1) is 11.7 Å². The van der Waals surface area contributed by atoms with Crippen LogP contribution in [0.25, 0.3) is 11.6 Å². The molecule has 20 heavy (non-hydrogen) atoms. The number of Topliss-reactive ketones (excluding diaryl/α,β-unsaturated/α-hetero) is 1. The Morgan fingerprint density at radius 1 is 1.00 bits per heavy atom. The van der Waals surface area contributed by atoms with E-state index in [4.69, 9.17) is 0 Å². The van der Waals surface area contributed by atoms with Crippen molar-refractivity contribution in [1.82, 2.24) is 0 Å². The van der Waals surface area contributed by atoms with Crippen molar-refractivity contribution in [2.24, 2.45) is 5.92 Å². The number of hydrogen-bond acceptors (Lipinski definition) is 1. The second kappa shape index (κ2) is 6.29. The van der Waals surface area contributed by atoms with Gasteiger partial charge in [0.15, 0.2) is 5.78 Å². The Bertz CT molecular complexity index is 610. The van der Waals surface area contributed by atoms with Gasteiger partial charge in [0.05, 0.1) is 0 Å². The van der Waals surface area contributed by atoms with Crippen LogP contribution in [0.1, 0.15) is 25.0 Å². The molecule has 0 unspecified atom stereocenters. The summed E-state index contributed by atoms with van der Waals surface area (Å²) in [6, 6.07) is 15.7. The Balaban J connectivity index is 2.46. The highest BCUT2D eigenvalue weighted by molar-refractivity contribution is 6.25. The third-order valence-corrected chi connectivity index (χ3v) is 3.06. The molecular formula is C18H17FO. The summed E-state index contributed by atoms with van der Waals surface area (Å²) < 4.78 is 12.9. The Labute approximate surface area is 118 Å². The lowest BCUT2D eigenvalue weighted by Gasteiger charge is -2.10. The highest BCUT2D eigenvalue weighted by Crippen LogP contribution is 2.22. The van der Waals surface area contributed by atoms with Crippen molar-refractivity contribution in [3.05, 3.63) is 71.5 Å². The predicted octanol–water partition coefficient (Wildman–Crippen LogP) is 4.59. The van der Waals surface area contributed by atoms with Gasteiger partial charge in [0, 0.05) is 11.5 Å². The highest BCUT2D eigenvalue weighted by atomic mass is 19.1. The zero-order valence-corrected chi connectivity index (χ0v) is 11.6. The van der Waals surface area contributed by atoms with Crippen LogP contribution in [0.2, 0.25) is 0 Å². The second-order valence-corrected chi connectivity index (χ2v) is 4.99. The SMILES string of the molecule is CC(C)C(=O)/C(=C/c1ccc(F)cc1)c1ccccc1. The molecule has 0 saturated carbocycles. The van der Waals surface area contributed by atoms with Gasteiger partial charge < -0.3 is 0 Å². The maximum absolute atomic E-state index is 12.9. The van der Waals surface area contributed by atoms with Crippen LogP contribution in [-0.4, -0.2) is 5.78 Å². The monoisotopic (exact) mass is 268 g/mol. The first kappa shape index (κ1) is 14.2. The lowest BCUT2D eigenvalue weighted by Crippen LogP contribution is -2.09. The number of carbonyl (C=O) groups is 1. The molecule has 0 amide bonds. The molecule has 0 N–H and O–H groups in total. The van der Waals surface area contributed by atoms with Crippen molar-refractivity contribution in [3.8, 4) is 0 Å². The number of halogens is 1. The van der Waals surface area contributed by atoms with E-state index in [1.165, 1.54) is 12.1 Å². The van der Waals surface area contributed by atoms with E-state index in [0.717, 1.165) is 11.1 Å². The van der Waals surface area contributed by atoms with E-state index >= 15 is 0 Å². The van der Waals surface area contributed by atoms with Gasteiger partial charge in [-0.15, -0.1) is 0 Å². The second-order valence-electron chi connectivity index (χ2n) is 4.99. The lowest BCUT2D eigenvalue weighted by molar-refractivity contribution is -0.116. The lowest BCUT2D eigenvalue weighted by atomic mass is 9.93. The Hall–Kier alpha value is -2.22. The Morgan fingerprint density at radius 3 is 2.15 bits per heavy atom. The first-order valence-corrected chi connectivity index (χ1v) is 6.65. The average Bonchev–Trinajstić information content (AvgIpc) is 2.47. The molecule has 102 valence electrons. The van der Waals surface area contributed by atoms with Crippen LogP contribution in [0.4, 0.5) is 4.39 Å². The van der Waals surface area contributed by atoms with Gasteiger partial charge in [-0.1, -0.05) is 56.3 Å². The minimum Gasteiger partial charge on any atom is -0.294 e. The smallest absolute Gasteiger partial charge is 0.166 e. The van der Waals surface area contributed by atoms with Crippen LogP contribution in [-0.2, 0) is 4.79 Å². The normalized spacial score (nSPS) is 11.7. The van der Waals surface area contributed by atoms with Gasteiger partial charge in [0.1, 0.15) is 5.82 Å². The molecule has 0 fully saturated rings. The molecular weight excluding hydrogens is 251 g/mol. The van der Waals surface area contributed by atoms with Gasteiger partial charge in [0.2, 0.25) is 0 Å². The largest absolute Gasteiger partial charge is 0.294 e. The molecule has 0 aromatic heterocycles. The number of allylic oxidation sites excluding steroid dienone is 1. The van der Waals surface area contributed by atoms with Gasteiger partial charge in [-0.2, -0.15) is 0 Å². The van der Waals surface area contributed by atoms with Gasteiger partial charge >= 0.3 is 0 Å². The van der Waals surface area contributed by atoms with Crippen molar-refractivity contribution >= 4 is 17.4 Å². The maximum atomic E-state index is 12.9. The summed E-state index contributed by atoms with van der Waals surface area (Å²) in [5, 5.41) is 0. The minimum absolute atomic E-state index is 0.0816. The molecule has 0 saturated heterocycles. The summed E-state index contributed by atoms with van der Waals surface area (Å²) in [4.78, 5) is 12.4. The fourth-order valence-electron chi connectivity index (χ4n) is 1.95. The van der Waals surface area contributed by atoms with Gasteiger partial charge in [-0.05, 0) is 29.3 Å². The molecule has 0 aliphatic heterocycles. The molecule has 2 heteroatoms. The van der Waals surface area contributed by atoms with E-state index in [1.807, 2.05) is 50.3 Å². The van der Waals surface area contributed by atoms with Crippen LogP contribution in [0.5, 0.6) is 0 Å². The first-order valence-electron chi connectivity index (χ1n) is 6.65. The van der Waals surface area contributed by atoms with Crippen molar-refractivity contribution < 1.29 is 9.18 Å². The molecule has 2 aromatic carbocycles. The van der Waals surface area contributed by atoms with E-state index in [1.54, 1.807) is 12.1 Å². The molecule has 2 aromatic rings. The Morgan fingerprint density at radius 2 is 1.60 bits per heavy atom. The molecule has 2 rings (SSSR count). The fourth-order valence-corrected chi connectivity index (χ4v) is 1.95. The number of ketones is 1. The quantitative estimate of drug-likeness (QED) is 0.585. The molecule has 0 bridgehead atoms. The van der Waals surface area contributed by atoms with Gasteiger partial charge in [-0.3, -0.25) is 4.79 Å². The van der Waals surface area contributed by atoms with Crippen molar-refractivity contribution in [3.63, 3.8) is 0 Å². The zero-order chi connectivity index (χ0) is 14.5. The van der Waals surface area contributed by atoms with Crippen molar-refractivity contribution in [1.29, 1.82) is 0 Å². The minimum atomic E-state index is -0.279. The Kier molecular flexibility index (Phi) is 4.46. The number of hydrogen-bond donors (Lipinski definition) is 0. The summed E-state index contributed by atoms with van der Waals surface area (Å²) in [5.41, 5.74) is 2.36.